The molecular formula is C15H17N3O3S. The molecule has 0 aliphatic rings. The van der Waals surface area contributed by atoms with E-state index in [1.165, 1.54) is 6.07 Å². The van der Waals surface area contributed by atoms with E-state index >= 15 is 0 Å². The van der Waals surface area contributed by atoms with Gasteiger partial charge in [0.25, 0.3) is 0 Å². The number of benzene rings is 1. The predicted molar refractivity (Wildman–Crippen MR) is 86.5 cm³/mol. The Labute approximate surface area is 131 Å². The van der Waals surface area contributed by atoms with Crippen molar-refractivity contribution in [2.24, 2.45) is 0 Å². The SMILES string of the molecule is Cc1cnc(N(C)Cc2ccc(S(C)=O)cc2)c([N+](=O)[O-])c1. The second kappa shape index (κ2) is 6.65. The molecule has 6 nitrogen and oxygen atoms in total. The Morgan fingerprint density at radius 2 is 1.95 bits per heavy atom. The lowest BCUT2D eigenvalue weighted by Crippen LogP contribution is -2.19. The molecule has 1 aromatic carbocycles. The summed E-state index contributed by atoms with van der Waals surface area (Å²) in [4.78, 5) is 17.4. The molecule has 2 rings (SSSR count). The Morgan fingerprint density at radius 3 is 2.50 bits per heavy atom. The summed E-state index contributed by atoms with van der Waals surface area (Å²) in [5.41, 5.74) is 1.71. The molecule has 0 aliphatic heterocycles. The minimum atomic E-state index is -1.01. The van der Waals surface area contributed by atoms with Gasteiger partial charge in [-0.2, -0.15) is 0 Å². The first-order chi connectivity index (χ1) is 10.4. The first-order valence-corrected chi connectivity index (χ1v) is 8.19. The Morgan fingerprint density at radius 1 is 1.32 bits per heavy atom. The molecule has 2 aromatic rings. The molecule has 0 saturated carbocycles. The molecule has 1 unspecified atom stereocenters. The van der Waals surface area contributed by atoms with Crippen molar-refractivity contribution in [1.29, 1.82) is 0 Å². The van der Waals surface area contributed by atoms with E-state index < -0.39 is 15.7 Å². The molecule has 1 atom stereocenters. The van der Waals surface area contributed by atoms with E-state index in [1.54, 1.807) is 43.5 Å². The molecule has 0 spiro atoms. The van der Waals surface area contributed by atoms with Crippen LogP contribution in [0.1, 0.15) is 11.1 Å². The average molecular weight is 319 g/mol. The van der Waals surface area contributed by atoms with Crippen molar-refractivity contribution in [3.63, 3.8) is 0 Å². The van der Waals surface area contributed by atoms with Gasteiger partial charge in [0.1, 0.15) is 0 Å². The van der Waals surface area contributed by atoms with Crippen molar-refractivity contribution in [2.75, 3.05) is 18.2 Å². The van der Waals surface area contributed by atoms with E-state index in [9.17, 15) is 14.3 Å². The van der Waals surface area contributed by atoms with Gasteiger partial charge in [-0.25, -0.2) is 4.98 Å². The van der Waals surface area contributed by atoms with Crippen LogP contribution in [0, 0.1) is 17.0 Å². The molecule has 0 bridgehead atoms. The molecule has 0 saturated heterocycles. The second-order valence-corrected chi connectivity index (χ2v) is 6.45. The summed E-state index contributed by atoms with van der Waals surface area (Å²) in [7, 11) is 0.747. The smallest absolute Gasteiger partial charge is 0.311 e. The molecule has 0 aliphatic carbocycles. The van der Waals surface area contributed by atoms with Gasteiger partial charge < -0.3 is 4.90 Å². The third-order valence-electron chi connectivity index (χ3n) is 3.22. The van der Waals surface area contributed by atoms with Crippen LogP contribution in [-0.2, 0) is 17.3 Å². The van der Waals surface area contributed by atoms with E-state index in [2.05, 4.69) is 4.98 Å². The van der Waals surface area contributed by atoms with Crippen LogP contribution in [0.15, 0.2) is 41.4 Å². The normalized spacial score (nSPS) is 12.0. The van der Waals surface area contributed by atoms with E-state index in [4.69, 9.17) is 0 Å². The maximum atomic E-state index is 11.4. The first-order valence-electron chi connectivity index (χ1n) is 6.63. The number of hydrogen-bond acceptors (Lipinski definition) is 5. The molecule has 0 radical (unpaired) electrons. The van der Waals surface area contributed by atoms with Crippen molar-refractivity contribution in [3.8, 4) is 0 Å². The van der Waals surface area contributed by atoms with Crippen LogP contribution < -0.4 is 4.90 Å². The maximum Gasteiger partial charge on any atom is 0.311 e. The molecule has 0 fully saturated rings. The quantitative estimate of drug-likeness (QED) is 0.625. The van der Waals surface area contributed by atoms with Gasteiger partial charge >= 0.3 is 5.69 Å². The minimum absolute atomic E-state index is 0.00576. The molecule has 0 N–H and O–H groups in total. The number of nitro groups is 1. The summed E-state index contributed by atoms with van der Waals surface area (Å²) in [5.74, 6) is 0.332. The number of aryl methyl sites for hydroxylation is 1. The fourth-order valence-electron chi connectivity index (χ4n) is 2.11. The predicted octanol–water partition coefficient (Wildman–Crippen LogP) is 2.67. The lowest BCUT2D eigenvalue weighted by molar-refractivity contribution is -0.384. The highest BCUT2D eigenvalue weighted by Crippen LogP contribution is 2.26. The summed E-state index contributed by atoms with van der Waals surface area (Å²) in [5, 5.41) is 11.2. The highest BCUT2D eigenvalue weighted by molar-refractivity contribution is 7.84. The Hall–Kier alpha value is -2.28. The maximum absolute atomic E-state index is 11.4. The molecule has 1 aromatic heterocycles. The molecular weight excluding hydrogens is 302 g/mol. The third kappa shape index (κ3) is 3.67. The van der Waals surface area contributed by atoms with Crippen LogP contribution >= 0.6 is 0 Å². The van der Waals surface area contributed by atoms with Crippen molar-refractivity contribution < 1.29 is 9.13 Å². The monoisotopic (exact) mass is 319 g/mol. The fourth-order valence-corrected chi connectivity index (χ4v) is 2.63. The van der Waals surface area contributed by atoms with Crippen molar-refractivity contribution in [2.45, 2.75) is 18.4 Å². The summed E-state index contributed by atoms with van der Waals surface area (Å²) in [6.07, 6.45) is 3.24. The van der Waals surface area contributed by atoms with Crippen LogP contribution in [0.25, 0.3) is 0 Å². The fraction of sp³-hybridized carbons (Fsp3) is 0.267. The van der Waals surface area contributed by atoms with Crippen LogP contribution in [0.5, 0.6) is 0 Å². The van der Waals surface area contributed by atoms with E-state index in [-0.39, 0.29) is 5.69 Å². The van der Waals surface area contributed by atoms with Gasteiger partial charge in [0.05, 0.1) is 4.92 Å². The number of nitrogens with zero attached hydrogens (tertiary/aromatic N) is 3. The van der Waals surface area contributed by atoms with Gasteiger partial charge in [0.15, 0.2) is 0 Å². The minimum Gasteiger partial charge on any atom is -0.350 e. The average Bonchev–Trinajstić information content (AvgIpc) is 2.47. The topological polar surface area (TPSA) is 76.3 Å². The zero-order valence-electron chi connectivity index (χ0n) is 12.6. The molecule has 22 heavy (non-hydrogen) atoms. The highest BCUT2D eigenvalue weighted by Gasteiger charge is 2.19. The van der Waals surface area contributed by atoms with Crippen LogP contribution in [-0.4, -0.2) is 27.4 Å². The van der Waals surface area contributed by atoms with E-state index in [0.29, 0.717) is 12.4 Å². The van der Waals surface area contributed by atoms with Crippen LogP contribution in [0.2, 0.25) is 0 Å². The molecule has 116 valence electrons. The van der Waals surface area contributed by atoms with Crippen molar-refractivity contribution in [1.82, 2.24) is 4.98 Å². The second-order valence-electron chi connectivity index (χ2n) is 5.07. The van der Waals surface area contributed by atoms with Gasteiger partial charge in [0, 0.05) is 47.8 Å². The molecule has 1 heterocycles. The molecule has 0 amide bonds. The number of rotatable bonds is 5. The summed E-state index contributed by atoms with van der Waals surface area (Å²) < 4.78 is 11.4. The van der Waals surface area contributed by atoms with Gasteiger partial charge in [-0.3, -0.25) is 14.3 Å². The van der Waals surface area contributed by atoms with Gasteiger partial charge in [-0.1, -0.05) is 12.1 Å². The highest BCUT2D eigenvalue weighted by atomic mass is 32.2. The zero-order valence-corrected chi connectivity index (χ0v) is 13.5. The first kappa shape index (κ1) is 16.1. The van der Waals surface area contributed by atoms with Crippen LogP contribution in [0.4, 0.5) is 11.5 Å². The standard InChI is InChI=1S/C15H17N3O3S/c1-11-8-14(18(19)20)15(16-9-11)17(2)10-12-4-6-13(7-5-12)22(3)21/h4-9H,10H2,1-3H3. The van der Waals surface area contributed by atoms with E-state index in [0.717, 1.165) is 16.0 Å². The van der Waals surface area contributed by atoms with Gasteiger partial charge in [-0.15, -0.1) is 0 Å². The van der Waals surface area contributed by atoms with Crippen molar-refractivity contribution in [3.05, 3.63) is 57.8 Å². The number of pyridine rings is 1. The van der Waals surface area contributed by atoms with E-state index in [1.807, 2.05) is 12.1 Å². The Balaban J connectivity index is 2.23. The van der Waals surface area contributed by atoms with Gasteiger partial charge in [0.2, 0.25) is 5.82 Å². The summed E-state index contributed by atoms with van der Waals surface area (Å²) in [6, 6.07) is 8.86. The lowest BCUT2D eigenvalue weighted by atomic mass is 10.2. The Bertz CT molecular complexity index is 716. The zero-order chi connectivity index (χ0) is 16.3. The number of anilines is 1. The third-order valence-corrected chi connectivity index (χ3v) is 4.15. The Kier molecular flexibility index (Phi) is 4.87. The van der Waals surface area contributed by atoms with Gasteiger partial charge in [-0.05, 0) is 30.2 Å². The lowest BCUT2D eigenvalue weighted by Gasteiger charge is -2.18. The molecule has 7 heteroatoms. The number of hydrogen-bond donors (Lipinski definition) is 0. The number of aromatic nitrogens is 1. The van der Waals surface area contributed by atoms with Crippen LogP contribution in [0.3, 0.4) is 0 Å². The summed E-state index contributed by atoms with van der Waals surface area (Å²) >= 11 is 0. The van der Waals surface area contributed by atoms with Crippen molar-refractivity contribution >= 4 is 22.3 Å². The summed E-state index contributed by atoms with van der Waals surface area (Å²) in [6.45, 7) is 2.25. The largest absolute Gasteiger partial charge is 0.350 e.